The zero-order chi connectivity index (χ0) is 10.2. The van der Waals surface area contributed by atoms with Gasteiger partial charge in [0.15, 0.2) is 0 Å². The van der Waals surface area contributed by atoms with E-state index in [2.05, 4.69) is 13.8 Å². The van der Waals surface area contributed by atoms with E-state index >= 15 is 0 Å². The standard InChI is InChI=1S/C11H22Cl2/c1-3-5-6-8-11(9-12,10-13)7-4-2/h3-10H2,1-2H3. The van der Waals surface area contributed by atoms with Crippen LogP contribution >= 0.6 is 23.2 Å². The highest BCUT2D eigenvalue weighted by Gasteiger charge is 2.26. The van der Waals surface area contributed by atoms with E-state index in [1.807, 2.05) is 0 Å². The third-order valence-corrected chi connectivity index (χ3v) is 3.79. The molecule has 0 nitrogen and oxygen atoms in total. The van der Waals surface area contributed by atoms with Crippen molar-refractivity contribution in [3.05, 3.63) is 0 Å². The molecule has 0 spiro atoms. The number of hydrogen-bond donors (Lipinski definition) is 0. The predicted octanol–water partition coefficient (Wildman–Crippen LogP) is 4.83. The fourth-order valence-electron chi connectivity index (χ4n) is 1.71. The van der Waals surface area contributed by atoms with Crippen LogP contribution in [0.4, 0.5) is 0 Å². The summed E-state index contributed by atoms with van der Waals surface area (Å²) in [7, 11) is 0. The number of halogens is 2. The summed E-state index contributed by atoms with van der Waals surface area (Å²) >= 11 is 12.0. The van der Waals surface area contributed by atoms with E-state index in [-0.39, 0.29) is 5.41 Å². The highest BCUT2D eigenvalue weighted by Crippen LogP contribution is 2.33. The molecule has 0 saturated heterocycles. The van der Waals surface area contributed by atoms with Crippen molar-refractivity contribution in [2.75, 3.05) is 11.8 Å². The van der Waals surface area contributed by atoms with Gasteiger partial charge in [-0.05, 0) is 18.3 Å². The molecule has 0 aliphatic heterocycles. The zero-order valence-corrected chi connectivity index (χ0v) is 10.4. The van der Waals surface area contributed by atoms with Gasteiger partial charge in [0.05, 0.1) is 0 Å². The van der Waals surface area contributed by atoms with Crippen LogP contribution < -0.4 is 0 Å². The Balaban J connectivity index is 3.89. The lowest BCUT2D eigenvalue weighted by molar-refractivity contribution is 0.303. The molecule has 0 aromatic rings. The number of alkyl halides is 2. The maximum Gasteiger partial charge on any atom is 0.0291 e. The molecule has 0 aliphatic rings. The molecule has 2 heteroatoms. The van der Waals surface area contributed by atoms with Crippen molar-refractivity contribution >= 4 is 23.2 Å². The van der Waals surface area contributed by atoms with Crippen molar-refractivity contribution < 1.29 is 0 Å². The molecule has 0 fully saturated rings. The Morgan fingerprint density at radius 3 is 1.85 bits per heavy atom. The first-order valence-electron chi connectivity index (χ1n) is 5.36. The van der Waals surface area contributed by atoms with Crippen LogP contribution in [0.1, 0.15) is 52.4 Å². The molecular formula is C11H22Cl2. The number of unbranched alkanes of at least 4 members (excludes halogenated alkanes) is 2. The molecule has 0 saturated carbocycles. The van der Waals surface area contributed by atoms with Crippen LogP contribution in [0.15, 0.2) is 0 Å². The van der Waals surface area contributed by atoms with Crippen molar-refractivity contribution in [2.45, 2.75) is 52.4 Å². The maximum atomic E-state index is 6.00. The lowest BCUT2D eigenvalue weighted by Gasteiger charge is -2.29. The van der Waals surface area contributed by atoms with Crippen LogP contribution in [0, 0.1) is 5.41 Å². The van der Waals surface area contributed by atoms with Crippen LogP contribution in [0.5, 0.6) is 0 Å². The van der Waals surface area contributed by atoms with Crippen LogP contribution in [0.25, 0.3) is 0 Å². The van der Waals surface area contributed by atoms with Gasteiger partial charge in [0, 0.05) is 11.8 Å². The van der Waals surface area contributed by atoms with Crippen LogP contribution in [-0.4, -0.2) is 11.8 Å². The second-order valence-electron chi connectivity index (χ2n) is 3.97. The molecule has 0 N–H and O–H groups in total. The highest BCUT2D eigenvalue weighted by molar-refractivity contribution is 6.21. The largest absolute Gasteiger partial charge is 0.126 e. The smallest absolute Gasteiger partial charge is 0.0291 e. The Labute approximate surface area is 93.0 Å². The fraction of sp³-hybridized carbons (Fsp3) is 1.00. The lowest BCUT2D eigenvalue weighted by atomic mass is 9.82. The third-order valence-electron chi connectivity index (χ3n) is 2.66. The van der Waals surface area contributed by atoms with E-state index in [1.54, 1.807) is 0 Å². The quantitative estimate of drug-likeness (QED) is 0.410. The minimum absolute atomic E-state index is 0.215. The Morgan fingerprint density at radius 2 is 1.46 bits per heavy atom. The summed E-state index contributed by atoms with van der Waals surface area (Å²) in [5.41, 5.74) is 0.215. The molecular weight excluding hydrogens is 203 g/mol. The molecule has 0 bridgehead atoms. The fourth-order valence-corrected chi connectivity index (χ4v) is 2.53. The molecule has 0 aliphatic carbocycles. The summed E-state index contributed by atoms with van der Waals surface area (Å²) in [6, 6.07) is 0. The molecule has 13 heavy (non-hydrogen) atoms. The van der Waals surface area contributed by atoms with Gasteiger partial charge in [0.1, 0.15) is 0 Å². The van der Waals surface area contributed by atoms with Crippen LogP contribution in [0.3, 0.4) is 0 Å². The van der Waals surface area contributed by atoms with E-state index in [0.717, 1.165) is 0 Å². The Hall–Kier alpha value is 0.580. The molecule has 0 aromatic carbocycles. The Bertz CT molecular complexity index is 109. The molecule has 0 radical (unpaired) electrons. The first-order chi connectivity index (χ1) is 6.24. The monoisotopic (exact) mass is 224 g/mol. The summed E-state index contributed by atoms with van der Waals surface area (Å²) in [5, 5.41) is 0. The first-order valence-corrected chi connectivity index (χ1v) is 6.43. The number of rotatable bonds is 8. The van der Waals surface area contributed by atoms with Crippen molar-refractivity contribution in [1.29, 1.82) is 0 Å². The van der Waals surface area contributed by atoms with Gasteiger partial charge in [-0.2, -0.15) is 0 Å². The van der Waals surface area contributed by atoms with E-state index in [9.17, 15) is 0 Å². The van der Waals surface area contributed by atoms with Crippen molar-refractivity contribution in [2.24, 2.45) is 5.41 Å². The minimum Gasteiger partial charge on any atom is -0.126 e. The summed E-state index contributed by atoms with van der Waals surface area (Å²) in [6.07, 6.45) is 7.40. The molecule has 0 atom stereocenters. The molecule has 0 unspecified atom stereocenters. The molecule has 0 rings (SSSR count). The Kier molecular flexibility index (Phi) is 8.29. The van der Waals surface area contributed by atoms with Crippen molar-refractivity contribution in [1.82, 2.24) is 0 Å². The summed E-state index contributed by atoms with van der Waals surface area (Å²) in [4.78, 5) is 0. The van der Waals surface area contributed by atoms with Gasteiger partial charge in [-0.3, -0.25) is 0 Å². The van der Waals surface area contributed by atoms with Gasteiger partial charge in [0.2, 0.25) is 0 Å². The van der Waals surface area contributed by atoms with Crippen molar-refractivity contribution in [3.8, 4) is 0 Å². The van der Waals surface area contributed by atoms with Gasteiger partial charge < -0.3 is 0 Å². The maximum absolute atomic E-state index is 6.00. The molecule has 0 heterocycles. The molecule has 0 aromatic heterocycles. The average molecular weight is 225 g/mol. The predicted molar refractivity (Wildman–Crippen MR) is 62.9 cm³/mol. The van der Waals surface area contributed by atoms with Gasteiger partial charge in [-0.15, -0.1) is 23.2 Å². The first kappa shape index (κ1) is 13.6. The number of hydrogen-bond acceptors (Lipinski definition) is 0. The second-order valence-corrected chi connectivity index (χ2v) is 4.51. The van der Waals surface area contributed by atoms with Gasteiger partial charge >= 0.3 is 0 Å². The third kappa shape index (κ3) is 5.12. The summed E-state index contributed by atoms with van der Waals surface area (Å²) in [5.74, 6) is 1.43. The van der Waals surface area contributed by atoms with E-state index in [4.69, 9.17) is 23.2 Å². The molecule has 80 valence electrons. The second kappa shape index (κ2) is 7.94. The minimum atomic E-state index is 0.215. The van der Waals surface area contributed by atoms with Gasteiger partial charge in [-0.25, -0.2) is 0 Å². The highest BCUT2D eigenvalue weighted by atomic mass is 35.5. The summed E-state index contributed by atoms with van der Waals surface area (Å²) < 4.78 is 0. The van der Waals surface area contributed by atoms with Gasteiger partial charge in [-0.1, -0.05) is 39.5 Å². The van der Waals surface area contributed by atoms with E-state index < -0.39 is 0 Å². The van der Waals surface area contributed by atoms with Crippen molar-refractivity contribution in [3.63, 3.8) is 0 Å². The average Bonchev–Trinajstić information content (AvgIpc) is 2.17. The SMILES string of the molecule is CCCCCC(CCl)(CCl)CCC. The Morgan fingerprint density at radius 1 is 0.846 bits per heavy atom. The topological polar surface area (TPSA) is 0 Å². The van der Waals surface area contributed by atoms with Gasteiger partial charge in [0.25, 0.3) is 0 Å². The zero-order valence-electron chi connectivity index (χ0n) is 8.91. The summed E-state index contributed by atoms with van der Waals surface area (Å²) in [6.45, 7) is 4.43. The normalized spacial score (nSPS) is 12.0. The van der Waals surface area contributed by atoms with Crippen LogP contribution in [0.2, 0.25) is 0 Å². The lowest BCUT2D eigenvalue weighted by Crippen LogP contribution is -2.24. The van der Waals surface area contributed by atoms with Crippen LogP contribution in [-0.2, 0) is 0 Å². The molecule has 0 amide bonds. The van der Waals surface area contributed by atoms with E-state index in [0.29, 0.717) is 11.8 Å². The van der Waals surface area contributed by atoms with E-state index in [1.165, 1.54) is 38.5 Å².